The van der Waals surface area contributed by atoms with E-state index >= 15 is 0 Å². The highest BCUT2D eigenvalue weighted by Gasteiger charge is 2.38. The lowest BCUT2D eigenvalue weighted by molar-refractivity contribution is 0.406. The van der Waals surface area contributed by atoms with Crippen LogP contribution in [0.1, 0.15) is 32.8 Å². The van der Waals surface area contributed by atoms with E-state index in [2.05, 4.69) is 28.2 Å². The van der Waals surface area contributed by atoms with Gasteiger partial charge in [0, 0.05) is 16.8 Å². The molecule has 0 saturated heterocycles. The predicted molar refractivity (Wildman–Crippen MR) is 88.9 cm³/mol. The van der Waals surface area contributed by atoms with E-state index < -0.39 is 14.6 Å². The van der Waals surface area contributed by atoms with Gasteiger partial charge in [-0.05, 0) is 50.9 Å². The maximum atomic E-state index is 12.1. The summed E-state index contributed by atoms with van der Waals surface area (Å²) in [5, 5.41) is 3.39. The smallest absolute Gasteiger partial charge is 0.154 e. The van der Waals surface area contributed by atoms with E-state index in [4.69, 9.17) is 0 Å². The van der Waals surface area contributed by atoms with Crippen LogP contribution in [-0.4, -0.2) is 32.0 Å². The highest BCUT2D eigenvalue weighted by Crippen LogP contribution is 2.24. The van der Waals surface area contributed by atoms with E-state index in [-0.39, 0.29) is 6.04 Å². The quantitative estimate of drug-likeness (QED) is 0.810. The first-order valence-electron chi connectivity index (χ1n) is 6.86. The van der Waals surface area contributed by atoms with Gasteiger partial charge in [0.05, 0.1) is 4.75 Å². The van der Waals surface area contributed by atoms with Gasteiger partial charge < -0.3 is 5.32 Å². The minimum Gasteiger partial charge on any atom is -0.312 e. The zero-order valence-corrected chi connectivity index (χ0v) is 15.0. The standard InChI is InChI=1S/C15H24BrNO2S/c1-5-9-17-14(15(2,3)20(4,18)19)11-12-7-6-8-13(16)10-12/h6-8,10,14,17H,5,9,11H2,1-4H3. The Kier molecular flexibility index (Phi) is 6.23. The summed E-state index contributed by atoms with van der Waals surface area (Å²) in [6.07, 6.45) is 2.99. The van der Waals surface area contributed by atoms with Gasteiger partial charge in [-0.2, -0.15) is 0 Å². The number of nitrogens with one attached hydrogen (secondary N) is 1. The van der Waals surface area contributed by atoms with Crippen LogP contribution in [-0.2, 0) is 16.3 Å². The Hall–Kier alpha value is -0.390. The summed E-state index contributed by atoms with van der Waals surface area (Å²) < 4.78 is 24.3. The number of sulfone groups is 1. The van der Waals surface area contributed by atoms with Gasteiger partial charge in [0.25, 0.3) is 0 Å². The minimum atomic E-state index is -3.14. The van der Waals surface area contributed by atoms with Crippen LogP contribution in [0.15, 0.2) is 28.7 Å². The van der Waals surface area contributed by atoms with Gasteiger partial charge in [0.1, 0.15) is 0 Å². The molecule has 20 heavy (non-hydrogen) atoms. The Balaban J connectivity index is 3.01. The summed E-state index contributed by atoms with van der Waals surface area (Å²) in [5.41, 5.74) is 1.13. The normalized spacial score (nSPS) is 14.2. The molecular formula is C15H24BrNO2S. The first kappa shape index (κ1) is 17.7. The largest absolute Gasteiger partial charge is 0.312 e. The first-order chi connectivity index (χ1) is 9.18. The molecule has 1 aromatic carbocycles. The third-order valence-corrected chi connectivity index (χ3v) is 6.45. The van der Waals surface area contributed by atoms with Crippen LogP contribution in [0.4, 0.5) is 0 Å². The maximum Gasteiger partial charge on any atom is 0.154 e. The lowest BCUT2D eigenvalue weighted by Crippen LogP contribution is -2.52. The molecule has 0 aliphatic carbocycles. The molecule has 0 fully saturated rings. The van der Waals surface area contributed by atoms with Crippen LogP contribution in [0, 0.1) is 0 Å². The van der Waals surface area contributed by atoms with Crippen molar-refractivity contribution < 1.29 is 8.42 Å². The van der Waals surface area contributed by atoms with Crippen LogP contribution in [0.25, 0.3) is 0 Å². The van der Waals surface area contributed by atoms with Crippen molar-refractivity contribution in [3.63, 3.8) is 0 Å². The lowest BCUT2D eigenvalue weighted by atomic mass is 9.95. The van der Waals surface area contributed by atoms with Gasteiger partial charge >= 0.3 is 0 Å². The van der Waals surface area contributed by atoms with Crippen molar-refractivity contribution >= 4 is 25.8 Å². The fourth-order valence-electron chi connectivity index (χ4n) is 2.04. The van der Waals surface area contributed by atoms with Crippen molar-refractivity contribution in [2.24, 2.45) is 0 Å². The van der Waals surface area contributed by atoms with Crippen molar-refractivity contribution in [2.75, 3.05) is 12.8 Å². The third-order valence-electron chi connectivity index (χ3n) is 3.76. The average molecular weight is 362 g/mol. The Morgan fingerprint density at radius 1 is 1.35 bits per heavy atom. The topological polar surface area (TPSA) is 46.2 Å². The molecule has 0 heterocycles. The molecule has 114 valence electrons. The van der Waals surface area contributed by atoms with E-state index in [9.17, 15) is 8.42 Å². The van der Waals surface area contributed by atoms with Crippen LogP contribution in [0.2, 0.25) is 0 Å². The fraction of sp³-hybridized carbons (Fsp3) is 0.600. The molecule has 0 bridgehead atoms. The molecule has 0 aromatic heterocycles. The summed E-state index contributed by atoms with van der Waals surface area (Å²) in [4.78, 5) is 0. The van der Waals surface area contributed by atoms with Crippen LogP contribution in [0.5, 0.6) is 0 Å². The molecule has 0 radical (unpaired) electrons. The molecular weight excluding hydrogens is 338 g/mol. The number of benzene rings is 1. The molecule has 1 aromatic rings. The van der Waals surface area contributed by atoms with Gasteiger partial charge in [0.2, 0.25) is 0 Å². The molecule has 1 rings (SSSR count). The van der Waals surface area contributed by atoms with E-state index in [1.807, 2.05) is 24.3 Å². The molecule has 5 heteroatoms. The predicted octanol–water partition coefficient (Wildman–Crippen LogP) is 3.18. The van der Waals surface area contributed by atoms with E-state index in [1.54, 1.807) is 13.8 Å². The van der Waals surface area contributed by atoms with Crippen molar-refractivity contribution in [1.29, 1.82) is 0 Å². The number of rotatable bonds is 7. The summed E-state index contributed by atoms with van der Waals surface area (Å²) >= 11 is 3.46. The molecule has 0 spiro atoms. The lowest BCUT2D eigenvalue weighted by Gasteiger charge is -2.33. The Morgan fingerprint density at radius 3 is 2.50 bits per heavy atom. The molecule has 1 atom stereocenters. The fourth-order valence-corrected chi connectivity index (χ4v) is 3.17. The first-order valence-corrected chi connectivity index (χ1v) is 9.54. The monoisotopic (exact) mass is 361 g/mol. The Bertz CT molecular complexity index is 541. The molecule has 0 aliphatic rings. The highest BCUT2D eigenvalue weighted by molar-refractivity contribution is 9.10. The molecule has 0 saturated carbocycles. The summed E-state index contributed by atoms with van der Waals surface area (Å²) in [7, 11) is -3.14. The number of halogens is 1. The van der Waals surface area contributed by atoms with Crippen LogP contribution < -0.4 is 5.32 Å². The maximum absolute atomic E-state index is 12.1. The molecule has 0 aliphatic heterocycles. The Morgan fingerprint density at radius 2 is 2.00 bits per heavy atom. The van der Waals surface area contributed by atoms with Gasteiger partial charge in [-0.3, -0.25) is 0 Å². The molecule has 3 nitrogen and oxygen atoms in total. The summed E-state index contributed by atoms with van der Waals surface area (Å²) in [6.45, 7) is 6.50. The van der Waals surface area contributed by atoms with Gasteiger partial charge in [0.15, 0.2) is 9.84 Å². The van der Waals surface area contributed by atoms with E-state index in [0.29, 0.717) is 6.42 Å². The number of hydrogen-bond donors (Lipinski definition) is 1. The zero-order valence-electron chi connectivity index (χ0n) is 12.6. The molecule has 1 unspecified atom stereocenters. The van der Waals surface area contributed by atoms with Gasteiger partial charge in [-0.25, -0.2) is 8.42 Å². The van der Waals surface area contributed by atoms with E-state index in [0.717, 1.165) is 23.0 Å². The molecule has 0 amide bonds. The van der Waals surface area contributed by atoms with Crippen LogP contribution >= 0.6 is 15.9 Å². The van der Waals surface area contributed by atoms with E-state index in [1.165, 1.54) is 6.26 Å². The second-order valence-electron chi connectivity index (χ2n) is 5.72. The SMILES string of the molecule is CCCNC(Cc1cccc(Br)c1)C(C)(C)S(C)(=O)=O. The number of hydrogen-bond acceptors (Lipinski definition) is 3. The Labute approximate surface area is 131 Å². The second kappa shape index (κ2) is 7.05. The van der Waals surface area contributed by atoms with Gasteiger partial charge in [-0.1, -0.05) is 35.0 Å². The molecule has 1 N–H and O–H groups in total. The second-order valence-corrected chi connectivity index (χ2v) is 9.23. The third kappa shape index (κ3) is 4.57. The zero-order chi connectivity index (χ0) is 15.4. The average Bonchev–Trinajstić information content (AvgIpc) is 2.33. The van der Waals surface area contributed by atoms with Crippen molar-refractivity contribution in [1.82, 2.24) is 5.32 Å². The van der Waals surface area contributed by atoms with Crippen molar-refractivity contribution in [3.05, 3.63) is 34.3 Å². The highest BCUT2D eigenvalue weighted by atomic mass is 79.9. The van der Waals surface area contributed by atoms with Crippen LogP contribution in [0.3, 0.4) is 0 Å². The van der Waals surface area contributed by atoms with Crippen molar-refractivity contribution in [2.45, 2.75) is 44.4 Å². The summed E-state index contributed by atoms with van der Waals surface area (Å²) in [5.74, 6) is 0. The van der Waals surface area contributed by atoms with Gasteiger partial charge in [-0.15, -0.1) is 0 Å². The van der Waals surface area contributed by atoms with Crippen molar-refractivity contribution in [3.8, 4) is 0 Å². The minimum absolute atomic E-state index is 0.105. The summed E-state index contributed by atoms with van der Waals surface area (Å²) in [6, 6.07) is 7.92.